The van der Waals surface area contributed by atoms with Crippen molar-refractivity contribution in [1.82, 2.24) is 4.90 Å². The van der Waals surface area contributed by atoms with E-state index in [-0.39, 0.29) is 6.04 Å². The Kier molecular flexibility index (Phi) is 5.23. The Bertz CT molecular complexity index is 669. The number of para-hydroxylation sites is 3. The minimum atomic E-state index is 0.0472. The van der Waals surface area contributed by atoms with Gasteiger partial charge in [0.15, 0.2) is 0 Å². The van der Waals surface area contributed by atoms with Crippen LogP contribution >= 0.6 is 0 Å². The summed E-state index contributed by atoms with van der Waals surface area (Å²) in [6.07, 6.45) is 0. The van der Waals surface area contributed by atoms with Crippen LogP contribution in [0.3, 0.4) is 0 Å². The van der Waals surface area contributed by atoms with E-state index in [1.54, 1.807) is 13.2 Å². The number of phenolic OH excluding ortho intramolecular Hbond substituents is 1. The molecule has 1 aliphatic heterocycles. The number of piperazine rings is 1. The third-order valence-electron chi connectivity index (χ3n) is 4.70. The van der Waals surface area contributed by atoms with Gasteiger partial charge in [-0.05, 0) is 18.2 Å². The molecular weight excluding hydrogens is 302 g/mol. The molecule has 2 aromatic carbocycles. The van der Waals surface area contributed by atoms with E-state index in [9.17, 15) is 5.11 Å². The number of hydrogen-bond acceptors (Lipinski definition) is 5. The second-order valence-corrected chi connectivity index (χ2v) is 6.01. The third kappa shape index (κ3) is 3.32. The average molecular weight is 327 g/mol. The lowest BCUT2D eigenvalue weighted by Gasteiger charge is -2.40. The number of ether oxygens (including phenoxy) is 1. The van der Waals surface area contributed by atoms with Gasteiger partial charge in [0.25, 0.3) is 0 Å². The van der Waals surface area contributed by atoms with Crippen LogP contribution in [0.4, 0.5) is 5.69 Å². The van der Waals surface area contributed by atoms with Crippen molar-refractivity contribution in [3.05, 3.63) is 54.1 Å². The lowest BCUT2D eigenvalue weighted by atomic mass is 10.0. The largest absolute Gasteiger partial charge is 0.508 e. The van der Waals surface area contributed by atoms with Crippen LogP contribution in [-0.2, 0) is 0 Å². The SMILES string of the molecule is COc1ccccc1N1CCN(C(CN)c2ccccc2O)CC1. The molecule has 128 valence electrons. The molecule has 1 atom stereocenters. The fourth-order valence-corrected chi connectivity index (χ4v) is 3.41. The summed E-state index contributed by atoms with van der Waals surface area (Å²) in [5.74, 6) is 1.22. The summed E-state index contributed by atoms with van der Waals surface area (Å²) >= 11 is 0. The highest BCUT2D eigenvalue weighted by molar-refractivity contribution is 5.58. The maximum Gasteiger partial charge on any atom is 0.142 e. The van der Waals surface area contributed by atoms with Crippen LogP contribution in [0.15, 0.2) is 48.5 Å². The molecule has 3 N–H and O–H groups in total. The molecule has 1 unspecified atom stereocenters. The molecule has 0 bridgehead atoms. The summed E-state index contributed by atoms with van der Waals surface area (Å²) in [4.78, 5) is 4.69. The van der Waals surface area contributed by atoms with Crippen molar-refractivity contribution in [3.63, 3.8) is 0 Å². The number of methoxy groups -OCH3 is 1. The van der Waals surface area contributed by atoms with Gasteiger partial charge < -0.3 is 20.5 Å². The van der Waals surface area contributed by atoms with Crippen molar-refractivity contribution in [2.75, 3.05) is 44.7 Å². The maximum atomic E-state index is 10.1. The van der Waals surface area contributed by atoms with Crippen LogP contribution in [0, 0.1) is 0 Å². The number of nitrogens with two attached hydrogens (primary N) is 1. The van der Waals surface area contributed by atoms with E-state index in [1.165, 1.54) is 0 Å². The minimum Gasteiger partial charge on any atom is -0.508 e. The Morgan fingerprint density at radius 2 is 1.71 bits per heavy atom. The van der Waals surface area contributed by atoms with E-state index in [4.69, 9.17) is 10.5 Å². The fraction of sp³-hybridized carbons (Fsp3) is 0.368. The number of rotatable bonds is 5. The predicted octanol–water partition coefficient (Wildman–Crippen LogP) is 2.22. The Hall–Kier alpha value is -2.24. The van der Waals surface area contributed by atoms with Gasteiger partial charge in [0.2, 0.25) is 0 Å². The molecule has 0 aromatic heterocycles. The van der Waals surface area contributed by atoms with Gasteiger partial charge in [-0.1, -0.05) is 30.3 Å². The normalized spacial score (nSPS) is 16.8. The molecule has 1 saturated heterocycles. The third-order valence-corrected chi connectivity index (χ3v) is 4.70. The van der Waals surface area contributed by atoms with E-state index in [0.717, 1.165) is 43.2 Å². The predicted molar refractivity (Wildman–Crippen MR) is 96.7 cm³/mol. The zero-order valence-electron chi connectivity index (χ0n) is 14.1. The van der Waals surface area contributed by atoms with Gasteiger partial charge in [-0.3, -0.25) is 4.90 Å². The van der Waals surface area contributed by atoms with E-state index in [0.29, 0.717) is 12.3 Å². The first-order valence-electron chi connectivity index (χ1n) is 8.34. The monoisotopic (exact) mass is 327 g/mol. The standard InChI is InChI=1S/C19H25N3O2/c1-24-19-9-5-3-7-16(19)21-10-12-22(13-11-21)17(14-20)15-6-2-4-8-18(15)23/h2-9,17,23H,10-14,20H2,1H3. The summed E-state index contributed by atoms with van der Waals surface area (Å²) in [6, 6.07) is 15.6. The Morgan fingerprint density at radius 1 is 1.04 bits per heavy atom. The van der Waals surface area contributed by atoms with Crippen molar-refractivity contribution in [3.8, 4) is 11.5 Å². The molecule has 2 aromatic rings. The minimum absolute atomic E-state index is 0.0472. The van der Waals surface area contributed by atoms with Crippen LogP contribution in [0.2, 0.25) is 0 Å². The molecule has 0 saturated carbocycles. The van der Waals surface area contributed by atoms with Gasteiger partial charge in [0.05, 0.1) is 18.8 Å². The average Bonchev–Trinajstić information content (AvgIpc) is 2.64. The van der Waals surface area contributed by atoms with Crippen LogP contribution in [0.25, 0.3) is 0 Å². The van der Waals surface area contributed by atoms with Gasteiger partial charge in [-0.2, -0.15) is 0 Å². The van der Waals surface area contributed by atoms with Gasteiger partial charge in [0.1, 0.15) is 11.5 Å². The molecule has 1 aliphatic rings. The molecule has 1 fully saturated rings. The highest BCUT2D eigenvalue weighted by atomic mass is 16.5. The maximum absolute atomic E-state index is 10.1. The van der Waals surface area contributed by atoms with E-state index >= 15 is 0 Å². The zero-order valence-corrected chi connectivity index (χ0v) is 14.1. The van der Waals surface area contributed by atoms with Gasteiger partial charge in [0, 0.05) is 38.3 Å². The first kappa shape index (κ1) is 16.6. The second kappa shape index (κ2) is 7.55. The summed E-state index contributed by atoms with van der Waals surface area (Å²) in [6.45, 7) is 4.10. The molecule has 0 amide bonds. The number of nitrogens with zero attached hydrogens (tertiary/aromatic N) is 2. The molecule has 0 aliphatic carbocycles. The van der Waals surface area contributed by atoms with Crippen molar-refractivity contribution >= 4 is 5.69 Å². The van der Waals surface area contributed by atoms with Crippen molar-refractivity contribution in [2.24, 2.45) is 5.73 Å². The van der Waals surface area contributed by atoms with Crippen LogP contribution in [0.1, 0.15) is 11.6 Å². The van der Waals surface area contributed by atoms with Gasteiger partial charge in [-0.15, -0.1) is 0 Å². The Morgan fingerprint density at radius 3 is 2.38 bits per heavy atom. The zero-order chi connectivity index (χ0) is 16.9. The smallest absolute Gasteiger partial charge is 0.142 e. The summed E-state index contributed by atoms with van der Waals surface area (Å²) in [5.41, 5.74) is 8.05. The molecule has 0 spiro atoms. The fourth-order valence-electron chi connectivity index (χ4n) is 3.41. The molecule has 1 heterocycles. The van der Waals surface area contributed by atoms with Crippen molar-refractivity contribution < 1.29 is 9.84 Å². The lowest BCUT2D eigenvalue weighted by Crippen LogP contribution is -2.49. The molecule has 5 nitrogen and oxygen atoms in total. The van der Waals surface area contributed by atoms with E-state index < -0.39 is 0 Å². The van der Waals surface area contributed by atoms with Crippen molar-refractivity contribution in [1.29, 1.82) is 0 Å². The van der Waals surface area contributed by atoms with E-state index in [1.807, 2.05) is 36.4 Å². The quantitative estimate of drug-likeness (QED) is 0.882. The number of benzene rings is 2. The number of hydrogen-bond donors (Lipinski definition) is 2. The summed E-state index contributed by atoms with van der Waals surface area (Å²) in [5, 5.41) is 10.1. The highest BCUT2D eigenvalue weighted by Crippen LogP contribution is 2.31. The lowest BCUT2D eigenvalue weighted by molar-refractivity contribution is 0.187. The molecule has 5 heteroatoms. The molecule has 24 heavy (non-hydrogen) atoms. The van der Waals surface area contributed by atoms with Crippen LogP contribution in [0.5, 0.6) is 11.5 Å². The van der Waals surface area contributed by atoms with Gasteiger partial charge >= 0.3 is 0 Å². The number of aromatic hydroxyl groups is 1. The second-order valence-electron chi connectivity index (χ2n) is 6.01. The topological polar surface area (TPSA) is 62.0 Å². The number of phenols is 1. The Labute approximate surface area is 143 Å². The first-order chi connectivity index (χ1) is 11.7. The molecular formula is C19H25N3O2. The highest BCUT2D eigenvalue weighted by Gasteiger charge is 2.26. The molecule has 0 radical (unpaired) electrons. The van der Waals surface area contributed by atoms with Gasteiger partial charge in [-0.25, -0.2) is 0 Å². The Balaban J connectivity index is 1.71. The van der Waals surface area contributed by atoms with Crippen LogP contribution < -0.4 is 15.4 Å². The first-order valence-corrected chi connectivity index (χ1v) is 8.34. The van der Waals surface area contributed by atoms with Crippen molar-refractivity contribution in [2.45, 2.75) is 6.04 Å². The summed E-state index contributed by atoms with van der Waals surface area (Å²) in [7, 11) is 1.71. The molecule has 3 rings (SSSR count). The number of anilines is 1. The van der Waals surface area contributed by atoms with E-state index in [2.05, 4.69) is 15.9 Å². The van der Waals surface area contributed by atoms with Crippen LogP contribution in [-0.4, -0.2) is 49.8 Å². The summed E-state index contributed by atoms with van der Waals surface area (Å²) < 4.78 is 5.47.